The molecule has 0 amide bonds. The van der Waals surface area contributed by atoms with Crippen LogP contribution in [0.15, 0.2) is 0 Å². The van der Waals surface area contributed by atoms with Crippen molar-refractivity contribution in [3.63, 3.8) is 0 Å². The van der Waals surface area contributed by atoms with Crippen LogP contribution in [0.5, 0.6) is 0 Å². The van der Waals surface area contributed by atoms with E-state index < -0.39 is 0 Å². The van der Waals surface area contributed by atoms with Crippen molar-refractivity contribution in [2.75, 3.05) is 19.6 Å². The van der Waals surface area contributed by atoms with E-state index in [0.29, 0.717) is 0 Å². The summed E-state index contributed by atoms with van der Waals surface area (Å²) in [6.07, 6.45) is 8.68. The summed E-state index contributed by atoms with van der Waals surface area (Å²) in [7, 11) is 0. The molecule has 3 aliphatic rings. The van der Waals surface area contributed by atoms with Gasteiger partial charge in [-0.25, -0.2) is 0 Å². The highest BCUT2D eigenvalue weighted by Gasteiger charge is 2.30. The summed E-state index contributed by atoms with van der Waals surface area (Å²) in [6, 6.07) is 1.70. The molecule has 14 heavy (non-hydrogen) atoms. The molecule has 0 bridgehead atoms. The Bertz CT molecular complexity index is 176. The van der Waals surface area contributed by atoms with Gasteiger partial charge in [0.25, 0.3) is 0 Å². The number of rotatable bonds is 4. The summed E-state index contributed by atoms with van der Waals surface area (Å²) in [4.78, 5) is 2.70. The topological polar surface area (TPSA) is 15.3 Å². The highest BCUT2D eigenvalue weighted by atomic mass is 15.2. The lowest BCUT2D eigenvalue weighted by Crippen LogP contribution is -2.46. The molecule has 0 aromatic rings. The van der Waals surface area contributed by atoms with E-state index in [9.17, 15) is 0 Å². The first kappa shape index (κ1) is 9.17. The van der Waals surface area contributed by atoms with Gasteiger partial charge in [-0.05, 0) is 51.0 Å². The molecule has 3 rings (SSSR count). The maximum Gasteiger partial charge on any atom is 0.0198 e. The van der Waals surface area contributed by atoms with Gasteiger partial charge < -0.3 is 10.2 Å². The predicted molar refractivity (Wildman–Crippen MR) is 58.3 cm³/mol. The van der Waals surface area contributed by atoms with Gasteiger partial charge in [0.05, 0.1) is 0 Å². The van der Waals surface area contributed by atoms with E-state index in [1.165, 1.54) is 58.2 Å². The maximum atomic E-state index is 3.77. The molecule has 1 aliphatic heterocycles. The second-order valence-electron chi connectivity index (χ2n) is 5.48. The molecule has 1 atom stereocenters. The summed E-state index contributed by atoms with van der Waals surface area (Å²) in [5.41, 5.74) is 0. The number of hydrogen-bond acceptors (Lipinski definition) is 2. The quantitative estimate of drug-likeness (QED) is 0.731. The Balaban J connectivity index is 1.44. The molecule has 0 aromatic carbocycles. The molecule has 0 radical (unpaired) electrons. The summed E-state index contributed by atoms with van der Waals surface area (Å²) in [6.45, 7) is 4.08. The summed E-state index contributed by atoms with van der Waals surface area (Å²) >= 11 is 0. The van der Waals surface area contributed by atoms with Gasteiger partial charge in [0.1, 0.15) is 0 Å². The Kier molecular flexibility index (Phi) is 2.50. The van der Waals surface area contributed by atoms with Crippen LogP contribution in [0, 0.1) is 5.92 Å². The Hall–Kier alpha value is -0.0800. The van der Waals surface area contributed by atoms with Gasteiger partial charge in [-0.1, -0.05) is 0 Å². The van der Waals surface area contributed by atoms with Gasteiger partial charge >= 0.3 is 0 Å². The molecule has 2 saturated carbocycles. The van der Waals surface area contributed by atoms with Crippen LogP contribution < -0.4 is 5.32 Å². The van der Waals surface area contributed by atoms with E-state index in [4.69, 9.17) is 0 Å². The molecule has 0 spiro atoms. The van der Waals surface area contributed by atoms with E-state index in [1.807, 2.05) is 0 Å². The van der Waals surface area contributed by atoms with Crippen LogP contribution in [0.3, 0.4) is 0 Å². The zero-order chi connectivity index (χ0) is 9.38. The maximum absolute atomic E-state index is 3.77. The monoisotopic (exact) mass is 194 g/mol. The van der Waals surface area contributed by atoms with Crippen LogP contribution in [0.1, 0.15) is 38.5 Å². The van der Waals surface area contributed by atoms with Crippen LogP contribution in [0.4, 0.5) is 0 Å². The fourth-order valence-corrected chi connectivity index (χ4v) is 2.61. The third-order valence-electron chi connectivity index (χ3n) is 3.77. The molecule has 2 nitrogen and oxygen atoms in total. The predicted octanol–water partition coefficient (Wildman–Crippen LogP) is 1.61. The largest absolute Gasteiger partial charge is 0.310 e. The van der Waals surface area contributed by atoms with Gasteiger partial charge in [0.15, 0.2) is 0 Å². The van der Waals surface area contributed by atoms with Crippen LogP contribution in [0.25, 0.3) is 0 Å². The average molecular weight is 194 g/mol. The summed E-state index contributed by atoms with van der Waals surface area (Å²) in [5.74, 6) is 1.06. The van der Waals surface area contributed by atoms with Crippen molar-refractivity contribution in [3.8, 4) is 0 Å². The summed E-state index contributed by atoms with van der Waals surface area (Å²) < 4.78 is 0. The second-order valence-corrected chi connectivity index (χ2v) is 5.48. The van der Waals surface area contributed by atoms with Crippen molar-refractivity contribution in [2.24, 2.45) is 5.92 Å². The standard InChI is InChI=1S/C12H22N2/c1-2-12(13-11-5-6-11)9-14(7-1)8-10-3-4-10/h10-13H,1-9H2. The van der Waals surface area contributed by atoms with Crippen molar-refractivity contribution in [2.45, 2.75) is 50.6 Å². The van der Waals surface area contributed by atoms with Crippen molar-refractivity contribution in [3.05, 3.63) is 0 Å². The Labute approximate surface area is 87.0 Å². The third kappa shape index (κ3) is 2.48. The lowest BCUT2D eigenvalue weighted by atomic mass is 10.1. The first-order chi connectivity index (χ1) is 6.90. The molecule has 1 N–H and O–H groups in total. The fourth-order valence-electron chi connectivity index (χ4n) is 2.61. The lowest BCUT2D eigenvalue weighted by Gasteiger charge is -2.33. The lowest BCUT2D eigenvalue weighted by molar-refractivity contribution is 0.183. The van der Waals surface area contributed by atoms with Crippen LogP contribution in [-0.2, 0) is 0 Å². The zero-order valence-corrected chi connectivity index (χ0v) is 9.04. The number of hydrogen-bond donors (Lipinski definition) is 1. The molecule has 1 unspecified atom stereocenters. The first-order valence-corrected chi connectivity index (χ1v) is 6.38. The normalized spacial score (nSPS) is 34.7. The average Bonchev–Trinajstić information content (AvgIpc) is 3.00. The zero-order valence-electron chi connectivity index (χ0n) is 9.04. The molecule has 3 fully saturated rings. The Morgan fingerprint density at radius 2 is 1.86 bits per heavy atom. The number of piperidine rings is 1. The van der Waals surface area contributed by atoms with Gasteiger partial charge in [-0.15, -0.1) is 0 Å². The van der Waals surface area contributed by atoms with E-state index in [1.54, 1.807) is 0 Å². The Morgan fingerprint density at radius 1 is 1.00 bits per heavy atom. The van der Waals surface area contributed by atoms with E-state index >= 15 is 0 Å². The van der Waals surface area contributed by atoms with Crippen LogP contribution in [0.2, 0.25) is 0 Å². The van der Waals surface area contributed by atoms with Crippen molar-refractivity contribution >= 4 is 0 Å². The van der Waals surface area contributed by atoms with Crippen molar-refractivity contribution in [1.82, 2.24) is 10.2 Å². The SMILES string of the molecule is C1CC(NC2CC2)CN(CC2CC2)C1. The fraction of sp³-hybridized carbons (Fsp3) is 1.00. The van der Waals surface area contributed by atoms with Crippen LogP contribution in [-0.4, -0.2) is 36.6 Å². The minimum absolute atomic E-state index is 0.815. The Morgan fingerprint density at radius 3 is 2.57 bits per heavy atom. The molecular formula is C12H22N2. The number of likely N-dealkylation sites (tertiary alicyclic amines) is 1. The van der Waals surface area contributed by atoms with E-state index in [2.05, 4.69) is 10.2 Å². The van der Waals surface area contributed by atoms with Gasteiger partial charge in [-0.3, -0.25) is 0 Å². The molecule has 80 valence electrons. The number of nitrogens with one attached hydrogen (secondary N) is 1. The minimum atomic E-state index is 0.815. The van der Waals surface area contributed by atoms with Crippen molar-refractivity contribution < 1.29 is 0 Å². The molecular weight excluding hydrogens is 172 g/mol. The van der Waals surface area contributed by atoms with E-state index in [0.717, 1.165) is 18.0 Å². The molecule has 1 saturated heterocycles. The molecule has 2 aliphatic carbocycles. The van der Waals surface area contributed by atoms with Gasteiger partial charge in [0.2, 0.25) is 0 Å². The number of nitrogens with zero attached hydrogens (tertiary/aromatic N) is 1. The first-order valence-electron chi connectivity index (χ1n) is 6.38. The highest BCUT2D eigenvalue weighted by Crippen LogP contribution is 2.30. The minimum Gasteiger partial charge on any atom is -0.310 e. The summed E-state index contributed by atoms with van der Waals surface area (Å²) in [5, 5.41) is 3.77. The van der Waals surface area contributed by atoms with Gasteiger partial charge in [-0.2, -0.15) is 0 Å². The molecule has 1 heterocycles. The third-order valence-corrected chi connectivity index (χ3v) is 3.77. The highest BCUT2D eigenvalue weighted by molar-refractivity contribution is 4.89. The second kappa shape index (κ2) is 3.82. The van der Waals surface area contributed by atoms with Gasteiger partial charge in [0, 0.05) is 25.2 Å². The van der Waals surface area contributed by atoms with Crippen molar-refractivity contribution in [1.29, 1.82) is 0 Å². The molecule has 2 heteroatoms. The smallest absolute Gasteiger partial charge is 0.0198 e. The molecule has 0 aromatic heterocycles. The van der Waals surface area contributed by atoms with E-state index in [-0.39, 0.29) is 0 Å². The van der Waals surface area contributed by atoms with Crippen LogP contribution >= 0.6 is 0 Å².